The number of primary amides is 1. The van der Waals surface area contributed by atoms with E-state index in [0.29, 0.717) is 17.8 Å². The first-order valence-electron chi connectivity index (χ1n) is 9.58. The Kier molecular flexibility index (Phi) is 5.81. The van der Waals surface area contributed by atoms with E-state index in [1.54, 1.807) is 18.3 Å². The number of aromatic nitrogens is 3. The van der Waals surface area contributed by atoms with E-state index >= 15 is 0 Å². The van der Waals surface area contributed by atoms with Crippen molar-refractivity contribution >= 4 is 28.7 Å². The van der Waals surface area contributed by atoms with E-state index in [1.807, 2.05) is 50.6 Å². The van der Waals surface area contributed by atoms with Crippen molar-refractivity contribution in [1.82, 2.24) is 20.1 Å². The van der Waals surface area contributed by atoms with Crippen LogP contribution in [0.5, 0.6) is 0 Å². The average molecular weight is 394 g/mol. The summed E-state index contributed by atoms with van der Waals surface area (Å²) in [6, 6.07) is 8.49. The number of rotatable bonds is 6. The van der Waals surface area contributed by atoms with Gasteiger partial charge in [0, 0.05) is 24.0 Å². The fourth-order valence-corrected chi connectivity index (χ4v) is 3.02. The normalized spacial score (nSPS) is 11.2. The van der Waals surface area contributed by atoms with Gasteiger partial charge in [0.05, 0.1) is 17.1 Å². The van der Waals surface area contributed by atoms with Crippen LogP contribution in [-0.2, 0) is 6.54 Å². The van der Waals surface area contributed by atoms with Gasteiger partial charge in [-0.25, -0.2) is 14.5 Å². The molecule has 2 heterocycles. The van der Waals surface area contributed by atoms with Gasteiger partial charge in [0.15, 0.2) is 5.65 Å². The molecule has 0 atom stereocenters. The number of carbonyl (C=O) groups excluding carboxylic acids is 2. The third kappa shape index (κ3) is 4.53. The molecule has 3 aromatic rings. The molecule has 0 saturated carbocycles. The Hall–Kier alpha value is -3.42. The Balaban J connectivity index is 1.84. The fourth-order valence-electron chi connectivity index (χ4n) is 3.02. The second-order valence-corrected chi connectivity index (χ2v) is 7.54. The van der Waals surface area contributed by atoms with E-state index in [2.05, 4.69) is 15.7 Å². The number of amides is 3. The molecule has 2 aromatic heterocycles. The van der Waals surface area contributed by atoms with Gasteiger partial charge in [-0.15, -0.1) is 0 Å². The number of fused-ring (bicyclic) bond motifs is 1. The van der Waals surface area contributed by atoms with Crippen molar-refractivity contribution in [3.8, 4) is 0 Å². The average Bonchev–Trinajstić information content (AvgIpc) is 3.10. The number of benzene rings is 1. The smallest absolute Gasteiger partial charge is 0.316 e. The summed E-state index contributed by atoms with van der Waals surface area (Å²) in [6.45, 7) is 8.52. The van der Waals surface area contributed by atoms with Crippen LogP contribution in [0, 0.1) is 0 Å². The molecule has 0 spiro atoms. The van der Waals surface area contributed by atoms with Crippen molar-refractivity contribution in [2.45, 2.75) is 46.2 Å². The first-order chi connectivity index (χ1) is 13.8. The SMILES string of the molecule is CC(C)c1cc(C(=O)NCc2ccc(NC(N)=O)cc2)c2cnn(C(C)C)c2n1. The molecule has 4 N–H and O–H groups in total. The highest BCUT2D eigenvalue weighted by molar-refractivity contribution is 6.05. The van der Waals surface area contributed by atoms with Crippen LogP contribution >= 0.6 is 0 Å². The second kappa shape index (κ2) is 8.30. The van der Waals surface area contributed by atoms with Crippen molar-refractivity contribution in [1.29, 1.82) is 0 Å². The van der Waals surface area contributed by atoms with Gasteiger partial charge in [-0.3, -0.25) is 4.79 Å². The maximum Gasteiger partial charge on any atom is 0.316 e. The van der Waals surface area contributed by atoms with Gasteiger partial charge < -0.3 is 16.4 Å². The molecule has 0 aliphatic carbocycles. The van der Waals surface area contributed by atoms with E-state index in [0.717, 1.165) is 22.3 Å². The van der Waals surface area contributed by atoms with E-state index in [9.17, 15) is 9.59 Å². The third-order valence-corrected chi connectivity index (χ3v) is 4.59. The maximum absolute atomic E-state index is 12.9. The zero-order chi connectivity index (χ0) is 21.1. The molecule has 3 amide bonds. The van der Waals surface area contributed by atoms with Crippen molar-refractivity contribution < 1.29 is 9.59 Å². The molecule has 0 fully saturated rings. The maximum atomic E-state index is 12.9. The van der Waals surface area contributed by atoms with Crippen LogP contribution in [0.2, 0.25) is 0 Å². The third-order valence-electron chi connectivity index (χ3n) is 4.59. The Morgan fingerprint density at radius 1 is 1.14 bits per heavy atom. The lowest BCUT2D eigenvalue weighted by atomic mass is 10.0. The van der Waals surface area contributed by atoms with E-state index in [1.165, 1.54) is 0 Å². The standard InChI is InChI=1S/C21H26N6O2/c1-12(2)18-9-16(17-11-24-27(13(3)4)19(17)26-18)20(28)23-10-14-5-7-15(8-6-14)25-21(22)29/h5-9,11-13H,10H2,1-4H3,(H,23,28)(H3,22,25,29). The first-order valence-corrected chi connectivity index (χ1v) is 9.58. The van der Waals surface area contributed by atoms with Crippen LogP contribution in [0.4, 0.5) is 10.5 Å². The van der Waals surface area contributed by atoms with Crippen LogP contribution in [-0.4, -0.2) is 26.7 Å². The zero-order valence-electron chi connectivity index (χ0n) is 17.1. The summed E-state index contributed by atoms with van der Waals surface area (Å²) in [6.07, 6.45) is 1.70. The molecule has 29 heavy (non-hydrogen) atoms. The molecular formula is C21H26N6O2. The molecule has 8 nitrogen and oxygen atoms in total. The Bertz CT molecular complexity index is 1040. The van der Waals surface area contributed by atoms with Crippen LogP contribution in [0.25, 0.3) is 11.0 Å². The van der Waals surface area contributed by atoms with Gasteiger partial charge in [0.2, 0.25) is 0 Å². The lowest BCUT2D eigenvalue weighted by Crippen LogP contribution is -2.23. The number of nitrogens with zero attached hydrogens (tertiary/aromatic N) is 3. The highest BCUT2D eigenvalue weighted by atomic mass is 16.2. The lowest BCUT2D eigenvalue weighted by molar-refractivity contribution is 0.0952. The fraction of sp³-hybridized carbons (Fsp3) is 0.333. The monoisotopic (exact) mass is 394 g/mol. The second-order valence-electron chi connectivity index (χ2n) is 7.54. The molecule has 0 aliphatic heterocycles. The summed E-state index contributed by atoms with van der Waals surface area (Å²) in [7, 11) is 0. The Morgan fingerprint density at radius 2 is 1.83 bits per heavy atom. The molecular weight excluding hydrogens is 368 g/mol. The predicted molar refractivity (Wildman–Crippen MR) is 113 cm³/mol. The lowest BCUT2D eigenvalue weighted by Gasteiger charge is -2.12. The summed E-state index contributed by atoms with van der Waals surface area (Å²) in [5.74, 6) is 0.00806. The molecule has 3 rings (SSSR count). The van der Waals surface area contributed by atoms with Crippen LogP contribution in [0.15, 0.2) is 36.5 Å². The molecule has 0 saturated heterocycles. The van der Waals surface area contributed by atoms with Crippen molar-refractivity contribution in [2.75, 3.05) is 5.32 Å². The van der Waals surface area contributed by atoms with E-state index in [-0.39, 0.29) is 17.9 Å². The number of hydrogen-bond acceptors (Lipinski definition) is 4. The van der Waals surface area contributed by atoms with Gasteiger partial charge in [-0.1, -0.05) is 26.0 Å². The molecule has 0 unspecified atom stereocenters. The Morgan fingerprint density at radius 3 is 2.41 bits per heavy atom. The van der Waals surface area contributed by atoms with Crippen LogP contribution in [0.1, 0.15) is 61.3 Å². The number of carbonyl (C=O) groups is 2. The molecule has 0 aliphatic rings. The summed E-state index contributed by atoms with van der Waals surface area (Å²) >= 11 is 0. The van der Waals surface area contributed by atoms with Crippen molar-refractivity contribution in [3.63, 3.8) is 0 Å². The predicted octanol–water partition coefficient (Wildman–Crippen LogP) is 3.56. The van der Waals surface area contributed by atoms with Crippen LogP contribution in [0.3, 0.4) is 0 Å². The van der Waals surface area contributed by atoms with Crippen molar-refractivity contribution in [2.24, 2.45) is 5.73 Å². The molecule has 8 heteroatoms. The van der Waals surface area contributed by atoms with E-state index < -0.39 is 6.03 Å². The highest BCUT2D eigenvalue weighted by Crippen LogP contribution is 2.24. The molecule has 0 bridgehead atoms. The number of pyridine rings is 1. The summed E-state index contributed by atoms with van der Waals surface area (Å²) in [4.78, 5) is 28.6. The summed E-state index contributed by atoms with van der Waals surface area (Å²) < 4.78 is 1.84. The molecule has 152 valence electrons. The number of nitrogens with one attached hydrogen (secondary N) is 2. The Labute approximate surface area is 169 Å². The number of hydrogen-bond donors (Lipinski definition) is 3. The van der Waals surface area contributed by atoms with Crippen LogP contribution < -0.4 is 16.4 Å². The van der Waals surface area contributed by atoms with Gasteiger partial charge >= 0.3 is 6.03 Å². The zero-order valence-corrected chi connectivity index (χ0v) is 17.1. The van der Waals surface area contributed by atoms with Gasteiger partial charge in [-0.05, 0) is 43.5 Å². The summed E-state index contributed by atoms with van der Waals surface area (Å²) in [5.41, 5.74) is 8.75. The minimum Gasteiger partial charge on any atom is -0.351 e. The van der Waals surface area contributed by atoms with Crippen molar-refractivity contribution in [3.05, 3.63) is 53.3 Å². The van der Waals surface area contributed by atoms with Gasteiger partial charge in [0.1, 0.15) is 0 Å². The van der Waals surface area contributed by atoms with E-state index in [4.69, 9.17) is 10.7 Å². The number of urea groups is 1. The first kappa shape index (κ1) is 20.3. The highest BCUT2D eigenvalue weighted by Gasteiger charge is 2.18. The van der Waals surface area contributed by atoms with Gasteiger partial charge in [-0.2, -0.15) is 5.10 Å². The minimum atomic E-state index is -0.615. The topological polar surface area (TPSA) is 115 Å². The molecule has 1 aromatic carbocycles. The largest absolute Gasteiger partial charge is 0.351 e. The molecule has 0 radical (unpaired) electrons. The summed E-state index contributed by atoms with van der Waals surface area (Å²) in [5, 5.41) is 10.6. The van der Waals surface area contributed by atoms with Gasteiger partial charge in [0.25, 0.3) is 5.91 Å². The number of nitrogens with two attached hydrogens (primary N) is 1. The number of anilines is 1. The quantitative estimate of drug-likeness (QED) is 0.593. The minimum absolute atomic E-state index is 0.144.